The van der Waals surface area contributed by atoms with Crippen molar-refractivity contribution in [3.63, 3.8) is 0 Å². The number of carbonyl (C=O) groups is 1. The van der Waals surface area contributed by atoms with Crippen molar-refractivity contribution in [3.05, 3.63) is 35.4 Å². The predicted molar refractivity (Wildman–Crippen MR) is 73.6 cm³/mol. The van der Waals surface area contributed by atoms with E-state index in [1.54, 1.807) is 0 Å². The zero-order valence-electron chi connectivity index (χ0n) is 11.4. The fourth-order valence-corrected chi connectivity index (χ4v) is 3.64. The van der Waals surface area contributed by atoms with Crippen LogP contribution in [0.15, 0.2) is 24.3 Å². The van der Waals surface area contributed by atoms with E-state index in [0.717, 1.165) is 32.4 Å². The highest BCUT2D eigenvalue weighted by Gasteiger charge is 2.38. The zero-order chi connectivity index (χ0) is 13.4. The highest BCUT2D eigenvalue weighted by atomic mass is 16.4. The van der Waals surface area contributed by atoms with Crippen LogP contribution in [0.1, 0.15) is 37.3 Å². The van der Waals surface area contributed by atoms with E-state index < -0.39 is 5.97 Å². The van der Waals surface area contributed by atoms with E-state index in [2.05, 4.69) is 36.1 Å². The minimum absolute atomic E-state index is 0.189. The molecule has 1 saturated carbocycles. The van der Waals surface area contributed by atoms with Gasteiger partial charge in [0.05, 0.1) is 5.92 Å². The molecular weight excluding hydrogens is 238 g/mol. The van der Waals surface area contributed by atoms with Gasteiger partial charge in [-0.05, 0) is 36.3 Å². The second-order valence-electron chi connectivity index (χ2n) is 6.10. The molecule has 0 amide bonds. The Balaban J connectivity index is 1.79. The van der Waals surface area contributed by atoms with Crippen LogP contribution in [0.3, 0.4) is 0 Å². The summed E-state index contributed by atoms with van der Waals surface area (Å²) in [6.07, 6.45) is 2.90. The summed E-state index contributed by atoms with van der Waals surface area (Å²) >= 11 is 0. The summed E-state index contributed by atoms with van der Waals surface area (Å²) in [6.45, 7) is 4.07. The lowest BCUT2D eigenvalue weighted by molar-refractivity contribution is -0.146. The number of hydrogen-bond acceptors (Lipinski definition) is 2. The third kappa shape index (κ3) is 2.39. The largest absolute Gasteiger partial charge is 0.481 e. The lowest BCUT2D eigenvalue weighted by Crippen LogP contribution is -2.44. The van der Waals surface area contributed by atoms with Gasteiger partial charge in [-0.1, -0.05) is 31.2 Å². The van der Waals surface area contributed by atoms with Gasteiger partial charge in [-0.25, -0.2) is 0 Å². The first kappa shape index (κ1) is 12.7. The molecule has 2 aliphatic rings. The van der Waals surface area contributed by atoms with Crippen LogP contribution in [0.25, 0.3) is 0 Å². The normalized spacial score (nSPS) is 31.1. The van der Waals surface area contributed by atoms with Crippen LogP contribution in [0.2, 0.25) is 0 Å². The SMILES string of the molecule is CC1CCC(C(=O)O)C(N2Cc3ccccc3C2)C1. The lowest BCUT2D eigenvalue weighted by atomic mass is 9.78. The molecule has 0 saturated heterocycles. The van der Waals surface area contributed by atoms with E-state index in [1.807, 2.05) is 0 Å². The van der Waals surface area contributed by atoms with Crippen molar-refractivity contribution in [3.8, 4) is 0 Å². The molecule has 0 radical (unpaired) electrons. The number of rotatable bonds is 2. The Bertz CT molecular complexity index is 460. The Kier molecular flexibility index (Phi) is 3.31. The first-order valence-electron chi connectivity index (χ1n) is 7.19. The molecule has 1 aromatic carbocycles. The van der Waals surface area contributed by atoms with Crippen molar-refractivity contribution < 1.29 is 9.90 Å². The van der Waals surface area contributed by atoms with Crippen LogP contribution in [-0.2, 0) is 17.9 Å². The van der Waals surface area contributed by atoms with Crippen LogP contribution >= 0.6 is 0 Å². The smallest absolute Gasteiger partial charge is 0.308 e. The Morgan fingerprint density at radius 3 is 2.42 bits per heavy atom. The highest BCUT2D eigenvalue weighted by Crippen LogP contribution is 2.36. The van der Waals surface area contributed by atoms with Gasteiger partial charge in [0.2, 0.25) is 0 Å². The second kappa shape index (κ2) is 4.97. The molecule has 1 aliphatic carbocycles. The predicted octanol–water partition coefficient (Wildman–Crippen LogP) is 2.89. The van der Waals surface area contributed by atoms with E-state index >= 15 is 0 Å². The third-order valence-electron chi connectivity index (χ3n) is 4.73. The van der Waals surface area contributed by atoms with E-state index in [4.69, 9.17) is 0 Å². The standard InChI is InChI=1S/C16H21NO2/c1-11-6-7-14(16(18)19)15(8-11)17-9-12-4-2-3-5-13(12)10-17/h2-5,11,14-15H,6-10H2,1H3,(H,18,19). The molecule has 102 valence electrons. The van der Waals surface area contributed by atoms with Crippen LogP contribution in [0.4, 0.5) is 0 Å². The summed E-state index contributed by atoms with van der Waals surface area (Å²) in [7, 11) is 0. The molecule has 1 aromatic rings. The van der Waals surface area contributed by atoms with Gasteiger partial charge >= 0.3 is 5.97 Å². The molecule has 0 bridgehead atoms. The minimum atomic E-state index is -0.618. The average Bonchev–Trinajstić information content (AvgIpc) is 2.81. The molecule has 0 spiro atoms. The molecule has 1 aliphatic heterocycles. The maximum Gasteiger partial charge on any atom is 0.308 e. The van der Waals surface area contributed by atoms with Gasteiger partial charge in [-0.15, -0.1) is 0 Å². The van der Waals surface area contributed by atoms with Gasteiger partial charge in [0.25, 0.3) is 0 Å². The average molecular weight is 259 g/mol. The quantitative estimate of drug-likeness (QED) is 0.887. The van der Waals surface area contributed by atoms with Crippen molar-refractivity contribution in [1.29, 1.82) is 0 Å². The van der Waals surface area contributed by atoms with Crippen molar-refractivity contribution >= 4 is 5.97 Å². The van der Waals surface area contributed by atoms with E-state index in [0.29, 0.717) is 5.92 Å². The minimum Gasteiger partial charge on any atom is -0.481 e. The Morgan fingerprint density at radius 2 is 1.84 bits per heavy atom. The Morgan fingerprint density at radius 1 is 1.21 bits per heavy atom. The number of aliphatic carboxylic acids is 1. The summed E-state index contributed by atoms with van der Waals surface area (Å²) in [6, 6.07) is 8.67. The fraction of sp³-hybridized carbons (Fsp3) is 0.562. The molecule has 3 heteroatoms. The molecule has 19 heavy (non-hydrogen) atoms. The number of hydrogen-bond donors (Lipinski definition) is 1. The number of fused-ring (bicyclic) bond motifs is 1. The zero-order valence-corrected chi connectivity index (χ0v) is 11.4. The van der Waals surface area contributed by atoms with Gasteiger partial charge in [0.15, 0.2) is 0 Å². The summed E-state index contributed by atoms with van der Waals surface area (Å²) < 4.78 is 0. The van der Waals surface area contributed by atoms with Gasteiger partial charge < -0.3 is 5.11 Å². The number of carboxylic acids is 1. The summed E-state index contributed by atoms with van der Waals surface area (Å²) in [5.41, 5.74) is 2.73. The molecule has 3 unspecified atom stereocenters. The first-order valence-corrected chi connectivity index (χ1v) is 7.19. The molecule has 1 fully saturated rings. The van der Waals surface area contributed by atoms with E-state index in [1.165, 1.54) is 11.1 Å². The monoisotopic (exact) mass is 259 g/mol. The van der Waals surface area contributed by atoms with Crippen LogP contribution in [0.5, 0.6) is 0 Å². The molecule has 1 N–H and O–H groups in total. The number of benzene rings is 1. The van der Waals surface area contributed by atoms with Crippen LogP contribution < -0.4 is 0 Å². The molecule has 0 aromatic heterocycles. The fourth-order valence-electron chi connectivity index (χ4n) is 3.64. The molecule has 1 heterocycles. The molecular formula is C16H21NO2. The summed E-state index contributed by atoms with van der Waals surface area (Å²) in [5.74, 6) is -0.164. The second-order valence-corrected chi connectivity index (χ2v) is 6.10. The maximum atomic E-state index is 11.5. The Hall–Kier alpha value is -1.35. The topological polar surface area (TPSA) is 40.5 Å². The number of nitrogens with zero attached hydrogens (tertiary/aromatic N) is 1. The maximum absolute atomic E-state index is 11.5. The van der Waals surface area contributed by atoms with Crippen molar-refractivity contribution in [1.82, 2.24) is 4.90 Å². The van der Waals surface area contributed by atoms with Gasteiger partial charge in [-0.2, -0.15) is 0 Å². The van der Waals surface area contributed by atoms with Gasteiger partial charge in [0.1, 0.15) is 0 Å². The summed E-state index contributed by atoms with van der Waals surface area (Å²) in [5, 5.41) is 9.45. The van der Waals surface area contributed by atoms with Gasteiger partial charge in [-0.3, -0.25) is 9.69 Å². The lowest BCUT2D eigenvalue weighted by Gasteiger charge is -2.38. The Labute approximate surface area is 114 Å². The molecule has 3 atom stereocenters. The number of carboxylic acid groups (broad SMARTS) is 1. The molecule has 3 nitrogen and oxygen atoms in total. The third-order valence-corrected chi connectivity index (χ3v) is 4.73. The van der Waals surface area contributed by atoms with E-state index in [9.17, 15) is 9.90 Å². The van der Waals surface area contributed by atoms with E-state index in [-0.39, 0.29) is 12.0 Å². The summed E-state index contributed by atoms with van der Waals surface area (Å²) in [4.78, 5) is 13.8. The van der Waals surface area contributed by atoms with Crippen molar-refractivity contribution in [2.45, 2.75) is 45.3 Å². The van der Waals surface area contributed by atoms with Crippen molar-refractivity contribution in [2.75, 3.05) is 0 Å². The van der Waals surface area contributed by atoms with Crippen molar-refractivity contribution in [2.24, 2.45) is 11.8 Å². The van der Waals surface area contributed by atoms with Crippen LogP contribution in [0, 0.1) is 11.8 Å². The van der Waals surface area contributed by atoms with Gasteiger partial charge in [0, 0.05) is 19.1 Å². The van der Waals surface area contributed by atoms with Crippen LogP contribution in [-0.4, -0.2) is 22.0 Å². The highest BCUT2D eigenvalue weighted by molar-refractivity contribution is 5.71. The first-order chi connectivity index (χ1) is 9.15. The molecule has 3 rings (SSSR count).